The number of pyridine rings is 1. The van der Waals surface area contributed by atoms with Gasteiger partial charge in [-0.05, 0) is 30.1 Å². The Morgan fingerprint density at radius 1 is 1.30 bits per heavy atom. The number of aryl methyl sites for hydroxylation is 1. The van der Waals surface area contributed by atoms with Crippen molar-refractivity contribution < 1.29 is 24.9 Å². The smallest absolute Gasteiger partial charge is 0.240 e. The molecule has 4 rings (SSSR count). The molecule has 3 atom stereocenters. The summed E-state index contributed by atoms with van der Waals surface area (Å²) in [5.74, 6) is 0.889. The molecule has 0 bridgehead atoms. The number of piperazine rings is 1. The highest BCUT2D eigenvalue weighted by atomic mass is 16.6. The molecule has 180 valence electrons. The number of nitrogens with one attached hydrogen (secondary N) is 2. The number of hydrogen-bond acceptors (Lipinski definition) is 8. The molecule has 1 aliphatic heterocycles. The van der Waals surface area contributed by atoms with Gasteiger partial charge in [-0.1, -0.05) is 19.1 Å². The second-order valence-corrected chi connectivity index (χ2v) is 8.57. The molecular weight excluding hydrogens is 426 g/mol. The van der Waals surface area contributed by atoms with Crippen molar-refractivity contribution in [1.82, 2.24) is 20.7 Å². The van der Waals surface area contributed by atoms with Crippen LogP contribution in [0.15, 0.2) is 34.4 Å². The van der Waals surface area contributed by atoms with Crippen molar-refractivity contribution in [1.29, 1.82) is 0 Å². The van der Waals surface area contributed by atoms with Crippen LogP contribution in [0.2, 0.25) is 0 Å². The quantitative estimate of drug-likeness (QED) is 0.220. The van der Waals surface area contributed by atoms with Crippen LogP contribution < -0.4 is 15.5 Å². The summed E-state index contributed by atoms with van der Waals surface area (Å²) < 4.78 is 5.49. The van der Waals surface area contributed by atoms with Gasteiger partial charge in [0, 0.05) is 35.8 Å². The molecule has 0 radical (unpaired) electrons. The van der Waals surface area contributed by atoms with Crippen LogP contribution in [0.5, 0.6) is 5.88 Å². The number of hydroxylamine groups is 1. The molecule has 5 N–H and O–H groups in total. The molecule has 3 unspecified atom stereocenters. The van der Waals surface area contributed by atoms with Crippen LogP contribution in [0.3, 0.4) is 0 Å². The molecule has 1 spiro atoms. The number of methoxy groups -OCH3 is 1. The zero-order chi connectivity index (χ0) is 23.6. The lowest BCUT2D eigenvalue weighted by molar-refractivity contribution is 0.126. The normalized spacial score (nSPS) is 26.6. The average molecular weight is 460 g/mol. The van der Waals surface area contributed by atoms with Crippen LogP contribution in [-0.2, 0) is 17.9 Å². The van der Waals surface area contributed by atoms with E-state index in [1.54, 1.807) is 13.2 Å². The highest BCUT2D eigenvalue weighted by molar-refractivity contribution is 5.84. The summed E-state index contributed by atoms with van der Waals surface area (Å²) >= 11 is 0. The standard InChI is InChI=1S/C23H33N5O5/c1-4-17-16(13-31)8-18(21(25-17)32-2)26-22(27-33-3)28-6-5-24-19-20(28)23(19)9-14(11-29)7-15(10-23)12-30/h7-9,19-20,24,29-31H,4-6,10-13H2,1-3H3,(H,26,27). The Balaban J connectivity index is 1.72. The second kappa shape index (κ2) is 9.78. The zero-order valence-corrected chi connectivity index (χ0v) is 19.3. The van der Waals surface area contributed by atoms with Crippen molar-refractivity contribution in [2.45, 2.75) is 38.5 Å². The minimum atomic E-state index is -0.248. The molecule has 0 aromatic carbocycles. The van der Waals surface area contributed by atoms with Crippen molar-refractivity contribution >= 4 is 11.6 Å². The Morgan fingerprint density at radius 3 is 2.76 bits per heavy atom. The monoisotopic (exact) mass is 459 g/mol. The first-order chi connectivity index (χ1) is 16.0. The van der Waals surface area contributed by atoms with Crippen LogP contribution in [0, 0.1) is 5.41 Å². The maximum atomic E-state index is 9.79. The lowest BCUT2D eigenvalue weighted by Gasteiger charge is -2.31. The maximum absolute atomic E-state index is 9.79. The van der Waals surface area contributed by atoms with Gasteiger partial charge in [-0.3, -0.25) is 4.84 Å². The minimum Gasteiger partial charge on any atom is -0.479 e. The Hall–Kier alpha value is -2.50. The molecule has 33 heavy (non-hydrogen) atoms. The van der Waals surface area contributed by atoms with E-state index in [0.717, 1.165) is 23.4 Å². The van der Waals surface area contributed by atoms with Crippen molar-refractivity contribution in [3.63, 3.8) is 0 Å². The maximum Gasteiger partial charge on any atom is 0.240 e. The second-order valence-electron chi connectivity index (χ2n) is 8.57. The Morgan fingerprint density at radius 2 is 2.12 bits per heavy atom. The molecule has 10 nitrogen and oxygen atoms in total. The molecule has 1 aromatic heterocycles. The fraction of sp³-hybridized carbons (Fsp3) is 0.565. The van der Waals surface area contributed by atoms with Gasteiger partial charge >= 0.3 is 0 Å². The van der Waals surface area contributed by atoms with Gasteiger partial charge < -0.3 is 30.3 Å². The molecule has 3 aliphatic rings. The first-order valence-electron chi connectivity index (χ1n) is 11.2. The van der Waals surface area contributed by atoms with Crippen molar-refractivity contribution in [2.24, 2.45) is 10.4 Å². The van der Waals surface area contributed by atoms with E-state index in [-0.39, 0.29) is 37.3 Å². The fourth-order valence-electron chi connectivity index (χ4n) is 5.24. The van der Waals surface area contributed by atoms with Crippen LogP contribution in [0.1, 0.15) is 24.6 Å². The number of guanidine groups is 1. The number of hydrogen-bond donors (Lipinski definition) is 5. The van der Waals surface area contributed by atoms with Crippen LogP contribution in [0.4, 0.5) is 5.69 Å². The van der Waals surface area contributed by atoms with Gasteiger partial charge in [0.1, 0.15) is 5.69 Å². The number of fused-ring (bicyclic) bond motifs is 3. The van der Waals surface area contributed by atoms with Crippen molar-refractivity contribution in [3.05, 3.63) is 40.6 Å². The van der Waals surface area contributed by atoms with Gasteiger partial charge in [0.15, 0.2) is 0 Å². The van der Waals surface area contributed by atoms with Crippen LogP contribution in [-0.4, -0.2) is 83.8 Å². The number of nitrogens with zero attached hydrogens (tertiary/aromatic N) is 3. The highest BCUT2D eigenvalue weighted by Crippen LogP contribution is 2.58. The SMILES string of the molecule is CCc1nc(OC)c(N=C(NOC)N2CCNC3C2C32C=C(CO)C=C(CO)C2)cc1CO. The fourth-order valence-corrected chi connectivity index (χ4v) is 5.24. The molecule has 0 amide bonds. The van der Waals surface area contributed by atoms with E-state index in [0.29, 0.717) is 42.5 Å². The van der Waals surface area contributed by atoms with Gasteiger partial charge in [0.2, 0.25) is 11.8 Å². The third-order valence-electron chi connectivity index (χ3n) is 6.68. The predicted octanol–water partition coefficient (Wildman–Crippen LogP) is 0.167. The van der Waals surface area contributed by atoms with E-state index in [2.05, 4.69) is 26.8 Å². The average Bonchev–Trinajstić information content (AvgIpc) is 3.47. The number of aliphatic hydroxyl groups excluding tert-OH is 3. The van der Waals surface area contributed by atoms with Gasteiger partial charge in [0.25, 0.3) is 0 Å². The minimum absolute atomic E-state index is 0.0353. The molecule has 2 heterocycles. The molecule has 2 aliphatic carbocycles. The highest BCUT2D eigenvalue weighted by Gasteiger charge is 2.68. The third kappa shape index (κ3) is 4.24. The predicted molar refractivity (Wildman–Crippen MR) is 123 cm³/mol. The summed E-state index contributed by atoms with van der Waals surface area (Å²) in [5.41, 5.74) is 6.36. The zero-order valence-electron chi connectivity index (χ0n) is 19.3. The van der Waals surface area contributed by atoms with E-state index in [1.165, 1.54) is 7.11 Å². The molecule has 1 saturated carbocycles. The van der Waals surface area contributed by atoms with Crippen LogP contribution >= 0.6 is 0 Å². The summed E-state index contributed by atoms with van der Waals surface area (Å²) in [4.78, 5) is 16.8. The van der Waals surface area contributed by atoms with Gasteiger partial charge in [0.05, 0.1) is 40.1 Å². The van der Waals surface area contributed by atoms with E-state index in [9.17, 15) is 15.3 Å². The Kier molecular flexibility index (Phi) is 7.01. The van der Waals surface area contributed by atoms with Crippen molar-refractivity contribution in [3.8, 4) is 5.88 Å². The molecule has 1 aromatic rings. The number of aromatic nitrogens is 1. The summed E-state index contributed by atoms with van der Waals surface area (Å²) in [5, 5.41) is 32.9. The lowest BCUT2D eigenvalue weighted by Crippen LogP contribution is -2.51. The molecule has 10 heteroatoms. The summed E-state index contributed by atoms with van der Waals surface area (Å²) in [6, 6.07) is 2.01. The third-order valence-corrected chi connectivity index (χ3v) is 6.68. The van der Waals surface area contributed by atoms with Gasteiger partial charge in [-0.25, -0.2) is 15.5 Å². The number of aliphatic hydroxyl groups is 3. The number of aliphatic imine (C=N–C) groups is 1. The van der Waals surface area contributed by atoms with E-state index < -0.39 is 0 Å². The largest absolute Gasteiger partial charge is 0.479 e. The number of ether oxygens (including phenoxy) is 1. The lowest BCUT2D eigenvalue weighted by atomic mass is 9.86. The number of rotatable bonds is 7. The molecule has 2 fully saturated rings. The topological polar surface area (TPSA) is 132 Å². The molecule has 1 saturated heterocycles. The van der Waals surface area contributed by atoms with E-state index in [1.807, 2.05) is 13.0 Å². The Labute approximate surface area is 193 Å². The van der Waals surface area contributed by atoms with Crippen molar-refractivity contribution in [2.75, 3.05) is 40.5 Å². The Bertz CT molecular complexity index is 978. The van der Waals surface area contributed by atoms with Gasteiger partial charge in [-0.15, -0.1) is 0 Å². The summed E-state index contributed by atoms with van der Waals surface area (Å²) in [6.45, 7) is 3.17. The van der Waals surface area contributed by atoms with E-state index >= 15 is 0 Å². The van der Waals surface area contributed by atoms with Gasteiger partial charge in [-0.2, -0.15) is 0 Å². The first-order valence-corrected chi connectivity index (χ1v) is 11.2. The molecular formula is C23H33N5O5. The summed E-state index contributed by atoms with van der Waals surface area (Å²) in [7, 11) is 3.08. The van der Waals surface area contributed by atoms with Crippen LogP contribution in [0.25, 0.3) is 0 Å². The summed E-state index contributed by atoms with van der Waals surface area (Å²) in [6.07, 6.45) is 5.38. The first kappa shape index (κ1) is 23.7. The van der Waals surface area contributed by atoms with E-state index in [4.69, 9.17) is 14.6 Å².